The molecule has 0 radical (unpaired) electrons. The van der Waals surface area contributed by atoms with Crippen molar-refractivity contribution >= 4 is 6.03 Å². The van der Waals surface area contributed by atoms with E-state index < -0.39 is 0 Å². The fourth-order valence-corrected chi connectivity index (χ4v) is 2.60. The SMILES string of the molecule is CC(C)N1C=CN(C(=O)N[C@H]2CC[C@@H](CCO)NC2)C1. The van der Waals surface area contributed by atoms with Gasteiger partial charge in [-0.3, -0.25) is 4.90 Å². The number of rotatable bonds is 4. The van der Waals surface area contributed by atoms with Crippen molar-refractivity contribution in [2.75, 3.05) is 19.8 Å². The summed E-state index contributed by atoms with van der Waals surface area (Å²) in [7, 11) is 0. The molecular weight excluding hydrogens is 256 g/mol. The number of amides is 2. The van der Waals surface area contributed by atoms with Gasteiger partial charge in [-0.2, -0.15) is 0 Å². The Morgan fingerprint density at radius 3 is 2.80 bits per heavy atom. The average molecular weight is 282 g/mol. The number of hydrogen-bond acceptors (Lipinski definition) is 4. The molecule has 0 saturated carbocycles. The van der Waals surface area contributed by atoms with Crippen LogP contribution in [0, 0.1) is 0 Å². The second kappa shape index (κ2) is 6.95. The van der Waals surface area contributed by atoms with Gasteiger partial charge in [-0.1, -0.05) is 0 Å². The Bertz CT molecular complexity index is 351. The molecule has 2 aliphatic rings. The van der Waals surface area contributed by atoms with E-state index in [1.165, 1.54) is 0 Å². The first-order chi connectivity index (χ1) is 9.60. The fraction of sp³-hybridized carbons (Fsp3) is 0.786. The predicted molar refractivity (Wildman–Crippen MR) is 77.9 cm³/mol. The Labute approximate surface area is 120 Å². The third-order valence-corrected chi connectivity index (χ3v) is 4.00. The molecule has 0 aromatic heterocycles. The van der Waals surface area contributed by atoms with Crippen molar-refractivity contribution in [3.8, 4) is 0 Å². The molecule has 2 amide bonds. The number of aliphatic hydroxyl groups excluding tert-OH is 1. The molecule has 0 unspecified atom stereocenters. The highest BCUT2D eigenvalue weighted by Crippen LogP contribution is 2.13. The predicted octanol–water partition coefficient (Wildman–Crippen LogP) is 0.654. The molecule has 2 aliphatic heterocycles. The minimum Gasteiger partial charge on any atom is -0.396 e. The van der Waals surface area contributed by atoms with Gasteiger partial charge in [-0.15, -0.1) is 0 Å². The monoisotopic (exact) mass is 282 g/mol. The number of hydrogen-bond donors (Lipinski definition) is 3. The van der Waals surface area contributed by atoms with E-state index in [-0.39, 0.29) is 18.7 Å². The van der Waals surface area contributed by atoms with E-state index in [1.807, 2.05) is 12.4 Å². The highest BCUT2D eigenvalue weighted by molar-refractivity contribution is 5.75. The van der Waals surface area contributed by atoms with Crippen LogP contribution in [-0.4, -0.2) is 58.9 Å². The van der Waals surface area contributed by atoms with Crippen molar-refractivity contribution in [2.45, 2.75) is 51.2 Å². The van der Waals surface area contributed by atoms with Crippen LogP contribution in [0.25, 0.3) is 0 Å². The molecule has 0 spiro atoms. The van der Waals surface area contributed by atoms with Gasteiger partial charge in [0.25, 0.3) is 0 Å². The number of piperidine rings is 1. The van der Waals surface area contributed by atoms with Gasteiger partial charge in [-0.25, -0.2) is 4.79 Å². The lowest BCUT2D eigenvalue weighted by molar-refractivity contribution is 0.185. The summed E-state index contributed by atoms with van der Waals surface area (Å²) in [6.07, 6.45) is 6.55. The van der Waals surface area contributed by atoms with Gasteiger partial charge < -0.3 is 20.6 Å². The Hall–Kier alpha value is -1.27. The molecule has 6 heteroatoms. The topological polar surface area (TPSA) is 67.8 Å². The zero-order valence-corrected chi connectivity index (χ0v) is 12.4. The van der Waals surface area contributed by atoms with E-state index in [1.54, 1.807) is 4.90 Å². The summed E-state index contributed by atoms with van der Waals surface area (Å²) in [5.41, 5.74) is 0. The summed E-state index contributed by atoms with van der Waals surface area (Å²) in [6, 6.07) is 0.937. The molecule has 1 fully saturated rings. The molecule has 114 valence electrons. The van der Waals surface area contributed by atoms with E-state index in [4.69, 9.17) is 5.11 Å². The molecule has 0 aliphatic carbocycles. The van der Waals surface area contributed by atoms with Gasteiger partial charge in [0.15, 0.2) is 0 Å². The molecule has 20 heavy (non-hydrogen) atoms. The van der Waals surface area contributed by atoms with Crippen molar-refractivity contribution in [2.24, 2.45) is 0 Å². The zero-order valence-electron chi connectivity index (χ0n) is 12.4. The number of carbonyl (C=O) groups excluding carboxylic acids is 1. The molecule has 2 rings (SSSR count). The molecule has 3 N–H and O–H groups in total. The van der Waals surface area contributed by atoms with E-state index >= 15 is 0 Å². The van der Waals surface area contributed by atoms with Crippen LogP contribution in [0.2, 0.25) is 0 Å². The van der Waals surface area contributed by atoms with Crippen molar-refractivity contribution in [1.29, 1.82) is 0 Å². The van der Waals surface area contributed by atoms with Crippen LogP contribution >= 0.6 is 0 Å². The highest BCUT2D eigenvalue weighted by atomic mass is 16.3. The minimum absolute atomic E-state index is 0.0307. The van der Waals surface area contributed by atoms with Crippen LogP contribution in [0.15, 0.2) is 12.4 Å². The van der Waals surface area contributed by atoms with Crippen molar-refractivity contribution in [3.05, 3.63) is 12.4 Å². The second-order valence-electron chi connectivity index (χ2n) is 5.86. The maximum absolute atomic E-state index is 12.2. The first-order valence-corrected chi connectivity index (χ1v) is 7.45. The number of aliphatic hydroxyl groups is 1. The van der Waals surface area contributed by atoms with E-state index in [0.717, 1.165) is 25.8 Å². The van der Waals surface area contributed by atoms with E-state index in [2.05, 4.69) is 29.4 Å². The minimum atomic E-state index is -0.0307. The van der Waals surface area contributed by atoms with Crippen molar-refractivity contribution in [3.63, 3.8) is 0 Å². The third-order valence-electron chi connectivity index (χ3n) is 4.00. The van der Waals surface area contributed by atoms with Gasteiger partial charge in [0.05, 0.1) is 6.67 Å². The van der Waals surface area contributed by atoms with Crippen LogP contribution in [0.1, 0.15) is 33.1 Å². The van der Waals surface area contributed by atoms with Gasteiger partial charge >= 0.3 is 6.03 Å². The summed E-state index contributed by atoms with van der Waals surface area (Å²) < 4.78 is 0. The maximum Gasteiger partial charge on any atom is 0.323 e. The highest BCUT2D eigenvalue weighted by Gasteiger charge is 2.25. The zero-order chi connectivity index (χ0) is 14.5. The van der Waals surface area contributed by atoms with Crippen molar-refractivity contribution in [1.82, 2.24) is 20.4 Å². The number of nitrogens with zero attached hydrogens (tertiary/aromatic N) is 2. The summed E-state index contributed by atoms with van der Waals surface area (Å²) in [6.45, 7) is 5.84. The molecule has 0 aromatic rings. The lowest BCUT2D eigenvalue weighted by atomic mass is 9.99. The normalized spacial score (nSPS) is 26.4. The van der Waals surface area contributed by atoms with Crippen LogP contribution in [-0.2, 0) is 0 Å². The van der Waals surface area contributed by atoms with E-state index in [9.17, 15) is 4.79 Å². The quantitative estimate of drug-likeness (QED) is 0.708. The fourth-order valence-electron chi connectivity index (χ4n) is 2.60. The van der Waals surface area contributed by atoms with Gasteiger partial charge in [-0.05, 0) is 33.1 Å². The maximum atomic E-state index is 12.2. The molecule has 0 bridgehead atoms. The molecule has 0 aromatic carbocycles. The van der Waals surface area contributed by atoms with Gasteiger partial charge in [0.2, 0.25) is 0 Å². The lowest BCUT2D eigenvalue weighted by Gasteiger charge is -2.31. The van der Waals surface area contributed by atoms with Crippen LogP contribution in [0.3, 0.4) is 0 Å². The van der Waals surface area contributed by atoms with Gasteiger partial charge in [0.1, 0.15) is 0 Å². The largest absolute Gasteiger partial charge is 0.396 e. The summed E-state index contributed by atoms with van der Waals surface area (Å²) in [4.78, 5) is 16.0. The molecule has 2 atom stereocenters. The second-order valence-corrected chi connectivity index (χ2v) is 5.86. The van der Waals surface area contributed by atoms with Crippen molar-refractivity contribution < 1.29 is 9.90 Å². The number of urea groups is 1. The Morgan fingerprint density at radius 2 is 2.25 bits per heavy atom. The Kier molecular flexibility index (Phi) is 5.25. The van der Waals surface area contributed by atoms with Crippen LogP contribution in [0.4, 0.5) is 4.79 Å². The standard InChI is InChI=1S/C14H26N4O2/c1-11(2)17-6-7-18(10-17)14(20)16-13-4-3-12(5-8-19)15-9-13/h6-7,11-13,15,19H,3-5,8-10H2,1-2H3,(H,16,20)/t12-,13-/m0/s1. The van der Waals surface area contributed by atoms with Crippen LogP contribution < -0.4 is 10.6 Å². The first-order valence-electron chi connectivity index (χ1n) is 7.45. The Balaban J connectivity index is 1.72. The van der Waals surface area contributed by atoms with E-state index in [0.29, 0.717) is 18.8 Å². The smallest absolute Gasteiger partial charge is 0.323 e. The first kappa shape index (κ1) is 15.1. The summed E-state index contributed by atoms with van der Waals surface area (Å²) >= 11 is 0. The van der Waals surface area contributed by atoms with Crippen LogP contribution in [0.5, 0.6) is 0 Å². The average Bonchev–Trinajstić information content (AvgIpc) is 2.91. The number of carbonyl (C=O) groups is 1. The number of nitrogens with one attached hydrogen (secondary N) is 2. The van der Waals surface area contributed by atoms with Gasteiger partial charge in [0, 0.05) is 43.7 Å². The Morgan fingerprint density at radius 1 is 1.45 bits per heavy atom. The third kappa shape index (κ3) is 3.86. The molecule has 1 saturated heterocycles. The molecule has 6 nitrogen and oxygen atoms in total. The molecular formula is C14H26N4O2. The summed E-state index contributed by atoms with van der Waals surface area (Å²) in [5, 5.41) is 15.4. The lowest BCUT2D eigenvalue weighted by Crippen LogP contribution is -2.52. The summed E-state index contributed by atoms with van der Waals surface area (Å²) in [5.74, 6) is 0. The molecule has 2 heterocycles.